The molecule has 2 aromatic rings. The number of nitrogen functional groups attached to an aromatic ring is 1. The van der Waals surface area contributed by atoms with Crippen LogP contribution in [0.1, 0.15) is 21.7 Å². The monoisotopic (exact) mass is 244 g/mol. The van der Waals surface area contributed by atoms with Gasteiger partial charge in [-0.05, 0) is 43.7 Å². The van der Waals surface area contributed by atoms with E-state index in [1.807, 2.05) is 19.9 Å². The number of nitrogens with two attached hydrogens (primary N) is 1. The molecule has 0 spiro atoms. The first-order chi connectivity index (χ1) is 8.47. The van der Waals surface area contributed by atoms with Crippen LogP contribution in [0.5, 0.6) is 0 Å². The van der Waals surface area contributed by atoms with E-state index in [9.17, 15) is 4.79 Å². The average molecular weight is 244 g/mol. The number of aromatic nitrogens is 2. The molecule has 1 amide bonds. The lowest BCUT2D eigenvalue weighted by molar-refractivity contribution is 0.101. The van der Waals surface area contributed by atoms with E-state index in [2.05, 4.69) is 10.4 Å². The Labute approximate surface area is 106 Å². The number of rotatable bonds is 2. The standard InChI is InChI=1S/C13H16N4O/c1-8-6-10(4-5-11(8)14)15-13(18)12-7-9(2)16-17(12)3/h4-7H,14H2,1-3H3,(H,15,18). The first-order valence-corrected chi connectivity index (χ1v) is 5.65. The van der Waals surface area contributed by atoms with Gasteiger partial charge in [-0.1, -0.05) is 0 Å². The average Bonchev–Trinajstić information content (AvgIpc) is 2.63. The molecule has 18 heavy (non-hydrogen) atoms. The summed E-state index contributed by atoms with van der Waals surface area (Å²) < 4.78 is 1.56. The van der Waals surface area contributed by atoms with Crippen molar-refractivity contribution in [1.29, 1.82) is 0 Å². The number of nitrogens with one attached hydrogen (secondary N) is 1. The van der Waals surface area contributed by atoms with E-state index in [-0.39, 0.29) is 5.91 Å². The Morgan fingerprint density at radius 1 is 1.33 bits per heavy atom. The second-order valence-electron chi connectivity index (χ2n) is 4.32. The summed E-state index contributed by atoms with van der Waals surface area (Å²) in [5.74, 6) is -0.178. The third kappa shape index (κ3) is 2.34. The zero-order valence-electron chi connectivity index (χ0n) is 10.7. The second-order valence-corrected chi connectivity index (χ2v) is 4.32. The Bertz CT molecular complexity index is 601. The number of hydrogen-bond acceptors (Lipinski definition) is 3. The molecule has 0 saturated heterocycles. The minimum Gasteiger partial charge on any atom is -0.399 e. The maximum atomic E-state index is 12.0. The van der Waals surface area contributed by atoms with E-state index < -0.39 is 0 Å². The third-order valence-corrected chi connectivity index (χ3v) is 2.76. The SMILES string of the molecule is Cc1cc(C(=O)Nc2ccc(N)c(C)c2)n(C)n1. The largest absolute Gasteiger partial charge is 0.399 e. The van der Waals surface area contributed by atoms with Gasteiger partial charge in [-0.2, -0.15) is 5.10 Å². The van der Waals surface area contributed by atoms with Crippen LogP contribution in [0, 0.1) is 13.8 Å². The van der Waals surface area contributed by atoms with Gasteiger partial charge in [0.05, 0.1) is 5.69 Å². The smallest absolute Gasteiger partial charge is 0.273 e. The lowest BCUT2D eigenvalue weighted by atomic mass is 10.2. The van der Waals surface area contributed by atoms with E-state index >= 15 is 0 Å². The maximum absolute atomic E-state index is 12.0. The first kappa shape index (κ1) is 12.2. The topological polar surface area (TPSA) is 72.9 Å². The van der Waals surface area contributed by atoms with Crippen LogP contribution in [-0.2, 0) is 7.05 Å². The van der Waals surface area contributed by atoms with Crippen molar-refractivity contribution < 1.29 is 4.79 Å². The summed E-state index contributed by atoms with van der Waals surface area (Å²) in [4.78, 5) is 12.0. The Kier molecular flexibility index (Phi) is 3.06. The summed E-state index contributed by atoms with van der Waals surface area (Å²) in [6.45, 7) is 3.75. The Balaban J connectivity index is 2.21. The lowest BCUT2D eigenvalue weighted by Gasteiger charge is -2.07. The number of nitrogens with zero attached hydrogens (tertiary/aromatic N) is 2. The molecule has 5 nitrogen and oxygen atoms in total. The zero-order valence-corrected chi connectivity index (χ0v) is 10.7. The van der Waals surface area contributed by atoms with Crippen LogP contribution >= 0.6 is 0 Å². The molecule has 1 aromatic heterocycles. The predicted molar refractivity (Wildman–Crippen MR) is 71.5 cm³/mol. The normalized spacial score (nSPS) is 10.4. The van der Waals surface area contributed by atoms with E-state index in [0.29, 0.717) is 11.4 Å². The molecule has 0 unspecified atom stereocenters. The molecule has 1 aromatic carbocycles. The number of carbonyl (C=O) groups excluding carboxylic acids is 1. The molecule has 0 aliphatic rings. The van der Waals surface area contributed by atoms with E-state index in [1.165, 1.54) is 0 Å². The lowest BCUT2D eigenvalue weighted by Crippen LogP contribution is -2.16. The third-order valence-electron chi connectivity index (χ3n) is 2.76. The van der Waals surface area contributed by atoms with Crippen molar-refractivity contribution in [2.45, 2.75) is 13.8 Å². The Morgan fingerprint density at radius 3 is 2.61 bits per heavy atom. The summed E-state index contributed by atoms with van der Waals surface area (Å²) >= 11 is 0. The minimum absolute atomic E-state index is 0.178. The molecule has 0 saturated carbocycles. The van der Waals surface area contributed by atoms with Gasteiger partial charge in [-0.3, -0.25) is 9.48 Å². The van der Waals surface area contributed by atoms with Crippen molar-refractivity contribution in [2.24, 2.45) is 7.05 Å². The van der Waals surface area contributed by atoms with Gasteiger partial charge in [0.25, 0.3) is 5.91 Å². The Hall–Kier alpha value is -2.30. The van der Waals surface area contributed by atoms with Gasteiger partial charge < -0.3 is 11.1 Å². The molecule has 5 heteroatoms. The molecule has 0 aliphatic carbocycles. The van der Waals surface area contributed by atoms with E-state index in [4.69, 9.17) is 5.73 Å². The van der Waals surface area contributed by atoms with Gasteiger partial charge in [0.15, 0.2) is 0 Å². The van der Waals surface area contributed by atoms with Crippen molar-refractivity contribution in [3.05, 3.63) is 41.2 Å². The molecule has 1 heterocycles. The van der Waals surface area contributed by atoms with Crippen molar-refractivity contribution in [3.63, 3.8) is 0 Å². The summed E-state index contributed by atoms with van der Waals surface area (Å²) in [5.41, 5.74) is 9.46. The van der Waals surface area contributed by atoms with Crippen molar-refractivity contribution in [3.8, 4) is 0 Å². The number of anilines is 2. The number of aryl methyl sites for hydroxylation is 3. The van der Waals surface area contributed by atoms with Crippen LogP contribution in [-0.4, -0.2) is 15.7 Å². The van der Waals surface area contributed by atoms with Crippen LogP contribution in [0.15, 0.2) is 24.3 Å². The summed E-state index contributed by atoms with van der Waals surface area (Å²) in [5, 5.41) is 6.97. The zero-order chi connectivity index (χ0) is 13.3. The van der Waals surface area contributed by atoms with Crippen LogP contribution in [0.4, 0.5) is 11.4 Å². The van der Waals surface area contributed by atoms with Crippen LogP contribution in [0.2, 0.25) is 0 Å². The first-order valence-electron chi connectivity index (χ1n) is 5.65. The fourth-order valence-electron chi connectivity index (χ4n) is 1.77. The summed E-state index contributed by atoms with van der Waals surface area (Å²) in [6, 6.07) is 7.15. The quantitative estimate of drug-likeness (QED) is 0.792. The highest BCUT2D eigenvalue weighted by Gasteiger charge is 2.12. The van der Waals surface area contributed by atoms with Crippen LogP contribution in [0.25, 0.3) is 0 Å². The van der Waals surface area contributed by atoms with Gasteiger partial charge in [-0.25, -0.2) is 0 Å². The fourth-order valence-corrected chi connectivity index (χ4v) is 1.77. The molecule has 94 valence electrons. The Morgan fingerprint density at radius 2 is 2.06 bits per heavy atom. The fraction of sp³-hybridized carbons (Fsp3) is 0.231. The van der Waals surface area contributed by atoms with Crippen molar-refractivity contribution in [1.82, 2.24) is 9.78 Å². The van der Waals surface area contributed by atoms with Crippen molar-refractivity contribution >= 4 is 17.3 Å². The predicted octanol–water partition coefficient (Wildman–Crippen LogP) is 1.87. The molecule has 0 atom stereocenters. The highest BCUT2D eigenvalue weighted by Crippen LogP contribution is 2.17. The number of amides is 1. The molecule has 0 fully saturated rings. The van der Waals surface area contributed by atoms with Gasteiger partial charge >= 0.3 is 0 Å². The number of benzene rings is 1. The van der Waals surface area contributed by atoms with Crippen LogP contribution < -0.4 is 11.1 Å². The molecule has 2 rings (SSSR count). The summed E-state index contributed by atoms with van der Waals surface area (Å²) in [7, 11) is 1.75. The van der Waals surface area contributed by atoms with Gasteiger partial charge in [0.1, 0.15) is 5.69 Å². The number of hydrogen-bond donors (Lipinski definition) is 2. The number of carbonyl (C=O) groups is 1. The van der Waals surface area contributed by atoms with Crippen molar-refractivity contribution in [2.75, 3.05) is 11.1 Å². The molecule has 3 N–H and O–H groups in total. The second kappa shape index (κ2) is 4.52. The highest BCUT2D eigenvalue weighted by molar-refractivity contribution is 6.03. The van der Waals surface area contributed by atoms with E-state index in [1.54, 1.807) is 29.9 Å². The van der Waals surface area contributed by atoms with Gasteiger partial charge in [0, 0.05) is 18.4 Å². The molecular formula is C13H16N4O. The maximum Gasteiger partial charge on any atom is 0.273 e. The molecule has 0 bridgehead atoms. The highest BCUT2D eigenvalue weighted by atomic mass is 16.2. The van der Waals surface area contributed by atoms with Gasteiger partial charge in [-0.15, -0.1) is 0 Å². The minimum atomic E-state index is -0.178. The molecular weight excluding hydrogens is 228 g/mol. The van der Waals surface area contributed by atoms with Gasteiger partial charge in [0.2, 0.25) is 0 Å². The van der Waals surface area contributed by atoms with E-state index in [0.717, 1.165) is 16.9 Å². The molecule has 0 radical (unpaired) electrons. The van der Waals surface area contributed by atoms with Crippen LogP contribution in [0.3, 0.4) is 0 Å². The molecule has 0 aliphatic heterocycles. The summed E-state index contributed by atoms with van der Waals surface area (Å²) in [6.07, 6.45) is 0.